The van der Waals surface area contributed by atoms with Gasteiger partial charge in [-0.3, -0.25) is 14.4 Å². The Balaban J connectivity index is 1.67. The molecule has 7 nitrogen and oxygen atoms in total. The summed E-state index contributed by atoms with van der Waals surface area (Å²) in [4.78, 5) is 42.1. The van der Waals surface area contributed by atoms with Gasteiger partial charge in [-0.25, -0.2) is 0 Å². The molecule has 3 N–H and O–H groups in total. The van der Waals surface area contributed by atoms with Crippen molar-refractivity contribution in [1.82, 2.24) is 9.80 Å². The van der Waals surface area contributed by atoms with Gasteiger partial charge < -0.3 is 20.9 Å². The molecule has 1 aromatic rings. The highest BCUT2D eigenvalue weighted by atomic mass is 32.1. The number of hydrogen-bond acceptors (Lipinski definition) is 5. The van der Waals surface area contributed by atoms with Gasteiger partial charge >= 0.3 is 0 Å². The van der Waals surface area contributed by atoms with E-state index >= 15 is 0 Å². The number of amides is 3. The van der Waals surface area contributed by atoms with Gasteiger partial charge in [-0.1, -0.05) is 6.92 Å². The molecule has 1 fully saturated rings. The highest BCUT2D eigenvalue weighted by molar-refractivity contribution is 7.17. The molecular weight excluding hydrogens is 376 g/mol. The van der Waals surface area contributed by atoms with Crippen molar-refractivity contribution >= 4 is 34.1 Å². The SMILES string of the molecule is CC1CCc2c(sc(NC(=O)C3CC(=O)N(CCCN(C)C)C3)c2C(N)=O)C1. The van der Waals surface area contributed by atoms with E-state index in [4.69, 9.17) is 5.73 Å². The first-order chi connectivity index (χ1) is 13.3. The van der Waals surface area contributed by atoms with Gasteiger partial charge in [-0.15, -0.1) is 11.3 Å². The van der Waals surface area contributed by atoms with Gasteiger partial charge in [0.15, 0.2) is 0 Å². The minimum absolute atomic E-state index is 0.0216. The highest BCUT2D eigenvalue weighted by Crippen LogP contribution is 2.39. The van der Waals surface area contributed by atoms with E-state index in [2.05, 4.69) is 17.1 Å². The van der Waals surface area contributed by atoms with Gasteiger partial charge in [0, 0.05) is 24.4 Å². The summed E-state index contributed by atoms with van der Waals surface area (Å²) < 4.78 is 0. The van der Waals surface area contributed by atoms with Crippen molar-refractivity contribution < 1.29 is 14.4 Å². The maximum atomic E-state index is 12.8. The van der Waals surface area contributed by atoms with Gasteiger partial charge in [-0.05, 0) is 57.8 Å². The smallest absolute Gasteiger partial charge is 0.251 e. The van der Waals surface area contributed by atoms with Crippen LogP contribution in [0.15, 0.2) is 0 Å². The van der Waals surface area contributed by atoms with Crippen LogP contribution in [0, 0.1) is 11.8 Å². The fourth-order valence-corrected chi connectivity index (χ4v) is 5.47. The van der Waals surface area contributed by atoms with Crippen LogP contribution in [0.4, 0.5) is 5.00 Å². The van der Waals surface area contributed by atoms with E-state index in [1.165, 1.54) is 11.3 Å². The molecule has 2 atom stereocenters. The summed E-state index contributed by atoms with van der Waals surface area (Å²) in [5, 5.41) is 3.46. The summed E-state index contributed by atoms with van der Waals surface area (Å²) in [6.07, 6.45) is 3.87. The second-order valence-corrected chi connectivity index (χ2v) is 9.41. The second-order valence-electron chi connectivity index (χ2n) is 8.31. The third-order valence-electron chi connectivity index (χ3n) is 5.61. The zero-order chi connectivity index (χ0) is 20.4. The van der Waals surface area contributed by atoms with Crippen LogP contribution in [0.2, 0.25) is 0 Å². The van der Waals surface area contributed by atoms with Crippen molar-refractivity contribution in [3.8, 4) is 0 Å². The molecule has 0 saturated carbocycles. The number of carbonyl (C=O) groups excluding carboxylic acids is 3. The molecule has 8 heteroatoms. The quantitative estimate of drug-likeness (QED) is 0.721. The Kier molecular flexibility index (Phi) is 6.40. The molecule has 3 rings (SSSR count). The van der Waals surface area contributed by atoms with Gasteiger partial charge in [0.1, 0.15) is 5.00 Å². The maximum Gasteiger partial charge on any atom is 0.251 e. The first kappa shape index (κ1) is 20.8. The fourth-order valence-electron chi connectivity index (χ4n) is 4.06. The van der Waals surface area contributed by atoms with Gasteiger partial charge in [-0.2, -0.15) is 0 Å². The number of nitrogens with zero attached hydrogens (tertiary/aromatic N) is 2. The molecule has 154 valence electrons. The third kappa shape index (κ3) is 4.55. The number of fused-ring (bicyclic) bond motifs is 1. The number of thiophene rings is 1. The van der Waals surface area contributed by atoms with E-state index in [0.717, 1.165) is 42.7 Å². The molecule has 28 heavy (non-hydrogen) atoms. The Bertz CT molecular complexity index is 774. The average molecular weight is 407 g/mol. The Morgan fingerprint density at radius 2 is 2.07 bits per heavy atom. The summed E-state index contributed by atoms with van der Waals surface area (Å²) in [6.45, 7) is 4.20. The molecule has 2 unspecified atom stereocenters. The topological polar surface area (TPSA) is 95.7 Å². The minimum atomic E-state index is -0.491. The zero-order valence-electron chi connectivity index (χ0n) is 16.9. The number of likely N-dealkylation sites (tertiary alicyclic amines) is 1. The fraction of sp³-hybridized carbons (Fsp3) is 0.650. The summed E-state index contributed by atoms with van der Waals surface area (Å²) >= 11 is 1.46. The highest BCUT2D eigenvalue weighted by Gasteiger charge is 2.35. The van der Waals surface area contributed by atoms with E-state index in [0.29, 0.717) is 29.6 Å². The standard InChI is InChI=1S/C20H30N4O3S/c1-12-5-6-14-15(9-12)28-20(17(14)18(21)26)22-19(27)13-10-16(25)24(11-13)8-4-7-23(2)3/h12-13H,4-11H2,1-3H3,(H2,21,26)(H,22,27). The van der Waals surface area contributed by atoms with Crippen LogP contribution in [0.5, 0.6) is 0 Å². The molecule has 3 amide bonds. The van der Waals surface area contributed by atoms with Crippen molar-refractivity contribution in [3.63, 3.8) is 0 Å². The van der Waals surface area contributed by atoms with Crippen molar-refractivity contribution in [3.05, 3.63) is 16.0 Å². The van der Waals surface area contributed by atoms with Crippen molar-refractivity contribution in [2.45, 2.75) is 39.0 Å². The number of carbonyl (C=O) groups is 3. The molecule has 0 bridgehead atoms. The molecule has 0 aromatic carbocycles. The number of anilines is 1. The number of rotatable bonds is 7. The van der Waals surface area contributed by atoms with Crippen molar-refractivity contribution in [2.24, 2.45) is 17.6 Å². The summed E-state index contributed by atoms with van der Waals surface area (Å²) in [5.74, 6) is -0.481. The molecule has 0 spiro atoms. The first-order valence-corrected chi connectivity index (χ1v) is 10.8. The van der Waals surface area contributed by atoms with E-state index in [9.17, 15) is 14.4 Å². The van der Waals surface area contributed by atoms with E-state index in [1.54, 1.807) is 4.90 Å². The van der Waals surface area contributed by atoms with Crippen LogP contribution in [-0.2, 0) is 22.4 Å². The molecule has 1 aromatic heterocycles. The zero-order valence-corrected chi connectivity index (χ0v) is 17.7. The average Bonchev–Trinajstić information content (AvgIpc) is 3.14. The van der Waals surface area contributed by atoms with E-state index < -0.39 is 5.91 Å². The first-order valence-electron chi connectivity index (χ1n) is 9.94. The maximum absolute atomic E-state index is 12.8. The minimum Gasteiger partial charge on any atom is -0.365 e. The van der Waals surface area contributed by atoms with Crippen LogP contribution < -0.4 is 11.1 Å². The second kappa shape index (κ2) is 8.61. The van der Waals surface area contributed by atoms with Gasteiger partial charge in [0.25, 0.3) is 5.91 Å². The predicted octanol–water partition coefficient (Wildman–Crippen LogP) is 1.71. The summed E-state index contributed by atoms with van der Waals surface area (Å²) in [7, 11) is 4.00. The Morgan fingerprint density at radius 1 is 1.32 bits per heavy atom. The molecule has 1 saturated heterocycles. The molecule has 0 radical (unpaired) electrons. The van der Waals surface area contributed by atoms with E-state index in [-0.39, 0.29) is 24.2 Å². The molecule has 1 aliphatic carbocycles. The van der Waals surface area contributed by atoms with Crippen molar-refractivity contribution in [2.75, 3.05) is 39.0 Å². The van der Waals surface area contributed by atoms with Crippen LogP contribution >= 0.6 is 11.3 Å². The largest absolute Gasteiger partial charge is 0.365 e. The Hall–Kier alpha value is -1.93. The molecular formula is C20H30N4O3S. The van der Waals surface area contributed by atoms with Gasteiger partial charge in [0.05, 0.1) is 11.5 Å². The Morgan fingerprint density at radius 3 is 2.75 bits per heavy atom. The van der Waals surface area contributed by atoms with Crippen LogP contribution in [-0.4, -0.2) is 61.3 Å². The molecule has 2 heterocycles. The number of hydrogen-bond donors (Lipinski definition) is 2. The lowest BCUT2D eigenvalue weighted by Gasteiger charge is -2.18. The van der Waals surface area contributed by atoms with Gasteiger partial charge in [0.2, 0.25) is 11.8 Å². The molecule has 1 aliphatic heterocycles. The molecule has 2 aliphatic rings. The third-order valence-corrected chi connectivity index (χ3v) is 6.78. The van der Waals surface area contributed by atoms with Crippen LogP contribution in [0.25, 0.3) is 0 Å². The lowest BCUT2D eigenvalue weighted by Crippen LogP contribution is -2.30. The normalized spacial score (nSPS) is 21.9. The lowest BCUT2D eigenvalue weighted by molar-refractivity contribution is -0.128. The number of nitrogens with two attached hydrogens (primary N) is 1. The van der Waals surface area contributed by atoms with Crippen LogP contribution in [0.3, 0.4) is 0 Å². The number of primary amides is 1. The number of nitrogens with one attached hydrogen (secondary N) is 1. The lowest BCUT2D eigenvalue weighted by atomic mass is 9.88. The summed E-state index contributed by atoms with van der Waals surface area (Å²) in [6, 6.07) is 0. The summed E-state index contributed by atoms with van der Waals surface area (Å²) in [5.41, 5.74) is 7.08. The van der Waals surface area contributed by atoms with E-state index in [1.807, 2.05) is 14.1 Å². The predicted molar refractivity (Wildman–Crippen MR) is 111 cm³/mol. The van der Waals surface area contributed by atoms with Crippen LogP contribution in [0.1, 0.15) is 47.0 Å². The van der Waals surface area contributed by atoms with Crippen molar-refractivity contribution in [1.29, 1.82) is 0 Å². The Labute approximate surface area is 170 Å². The monoisotopic (exact) mass is 406 g/mol.